The molecule has 70 valence electrons. The number of hydrogen-bond acceptors (Lipinski definition) is 3. The third-order valence-electron chi connectivity index (χ3n) is 1.53. The highest BCUT2D eigenvalue weighted by Crippen LogP contribution is 2.28. The highest BCUT2D eigenvalue weighted by atomic mass is 127. The number of nitro groups is 1. The lowest BCUT2D eigenvalue weighted by molar-refractivity contribution is -0.385. The quantitative estimate of drug-likeness (QED) is 0.502. The normalized spacial score (nSPS) is 10.1. The molecule has 0 aliphatic carbocycles. The second kappa shape index (κ2) is 4.34. The molecule has 0 saturated heterocycles. The van der Waals surface area contributed by atoms with E-state index in [-0.39, 0.29) is 5.69 Å². The Morgan fingerprint density at radius 3 is 2.69 bits per heavy atom. The SMILES string of the molecule is NCc1cc([N+](=O)[O-])c(I)cc1Br. The first-order valence-corrected chi connectivity index (χ1v) is 5.25. The molecule has 0 bridgehead atoms. The molecular formula is C7H6BrIN2O2. The fraction of sp³-hybridized carbons (Fsp3) is 0.143. The van der Waals surface area contributed by atoms with Gasteiger partial charge in [0, 0.05) is 17.1 Å². The van der Waals surface area contributed by atoms with Gasteiger partial charge in [-0.3, -0.25) is 10.1 Å². The topological polar surface area (TPSA) is 69.2 Å². The predicted octanol–water partition coefficient (Wildman–Crippen LogP) is 2.42. The molecule has 0 spiro atoms. The lowest BCUT2D eigenvalue weighted by atomic mass is 10.2. The van der Waals surface area contributed by atoms with Crippen LogP contribution in [0.5, 0.6) is 0 Å². The van der Waals surface area contributed by atoms with E-state index in [9.17, 15) is 10.1 Å². The van der Waals surface area contributed by atoms with Crippen LogP contribution < -0.4 is 5.73 Å². The first-order chi connectivity index (χ1) is 6.06. The van der Waals surface area contributed by atoms with Crippen molar-refractivity contribution in [2.75, 3.05) is 0 Å². The molecule has 2 N–H and O–H groups in total. The minimum atomic E-state index is -0.409. The van der Waals surface area contributed by atoms with Crippen LogP contribution in [0.25, 0.3) is 0 Å². The molecule has 0 amide bonds. The molecule has 0 unspecified atom stereocenters. The number of benzene rings is 1. The molecule has 0 aliphatic rings. The Kier molecular flexibility index (Phi) is 3.63. The van der Waals surface area contributed by atoms with E-state index in [4.69, 9.17) is 5.73 Å². The molecule has 4 nitrogen and oxygen atoms in total. The van der Waals surface area contributed by atoms with Crippen molar-refractivity contribution in [2.45, 2.75) is 6.54 Å². The molecule has 0 aliphatic heterocycles. The summed E-state index contributed by atoms with van der Waals surface area (Å²) >= 11 is 5.20. The van der Waals surface area contributed by atoms with Crippen LogP contribution in [0.2, 0.25) is 0 Å². The predicted molar refractivity (Wildman–Crippen MR) is 61.4 cm³/mol. The average Bonchev–Trinajstić information content (AvgIpc) is 2.03. The Labute approximate surface area is 96.9 Å². The van der Waals surface area contributed by atoms with E-state index < -0.39 is 4.92 Å². The largest absolute Gasteiger partial charge is 0.326 e. The van der Waals surface area contributed by atoms with Crippen LogP contribution in [0.4, 0.5) is 5.69 Å². The number of nitrogens with zero attached hydrogens (tertiary/aromatic N) is 1. The van der Waals surface area contributed by atoms with Crippen LogP contribution in [0, 0.1) is 13.7 Å². The van der Waals surface area contributed by atoms with Gasteiger partial charge in [0.25, 0.3) is 5.69 Å². The number of nitrogens with two attached hydrogens (primary N) is 1. The summed E-state index contributed by atoms with van der Waals surface area (Å²) in [5.41, 5.74) is 6.26. The van der Waals surface area contributed by atoms with Gasteiger partial charge >= 0.3 is 0 Å². The maximum Gasteiger partial charge on any atom is 0.283 e. The van der Waals surface area contributed by atoms with Crippen molar-refractivity contribution >= 4 is 44.2 Å². The average molecular weight is 357 g/mol. The maximum absolute atomic E-state index is 10.5. The lowest BCUT2D eigenvalue weighted by Crippen LogP contribution is -2.00. The Bertz CT molecular complexity index is 357. The van der Waals surface area contributed by atoms with Gasteiger partial charge in [0.15, 0.2) is 0 Å². The first kappa shape index (κ1) is 10.9. The standard InChI is InChI=1S/C7H6BrIN2O2/c8-5-2-6(9)7(11(12)13)1-4(5)3-10/h1-2H,3,10H2. The van der Waals surface area contributed by atoms with E-state index in [2.05, 4.69) is 15.9 Å². The van der Waals surface area contributed by atoms with Gasteiger partial charge in [-0.1, -0.05) is 15.9 Å². The van der Waals surface area contributed by atoms with E-state index >= 15 is 0 Å². The fourth-order valence-corrected chi connectivity index (χ4v) is 2.47. The number of halogens is 2. The zero-order valence-corrected chi connectivity index (χ0v) is 10.2. The van der Waals surface area contributed by atoms with E-state index in [1.807, 2.05) is 22.6 Å². The number of nitro benzene ring substituents is 1. The molecule has 1 aromatic rings. The Morgan fingerprint density at radius 1 is 1.62 bits per heavy atom. The van der Waals surface area contributed by atoms with Crippen LogP contribution in [0.1, 0.15) is 5.56 Å². The number of hydrogen-bond donors (Lipinski definition) is 1. The third kappa shape index (κ3) is 2.38. The first-order valence-electron chi connectivity index (χ1n) is 3.38. The Morgan fingerprint density at radius 2 is 2.23 bits per heavy atom. The molecule has 0 heterocycles. The summed E-state index contributed by atoms with van der Waals surface area (Å²) in [6.45, 7) is 0.290. The molecule has 0 radical (unpaired) electrons. The van der Waals surface area contributed by atoms with E-state index in [1.54, 1.807) is 6.07 Å². The molecule has 13 heavy (non-hydrogen) atoms. The van der Waals surface area contributed by atoms with Gasteiger partial charge in [-0.25, -0.2) is 0 Å². The van der Waals surface area contributed by atoms with Crippen molar-refractivity contribution < 1.29 is 4.92 Å². The van der Waals surface area contributed by atoms with Gasteiger partial charge < -0.3 is 5.73 Å². The highest BCUT2D eigenvalue weighted by molar-refractivity contribution is 14.1. The van der Waals surface area contributed by atoms with Crippen molar-refractivity contribution in [1.29, 1.82) is 0 Å². The minimum Gasteiger partial charge on any atom is -0.326 e. The van der Waals surface area contributed by atoms with Gasteiger partial charge in [-0.2, -0.15) is 0 Å². The van der Waals surface area contributed by atoms with E-state index in [0.717, 1.165) is 10.0 Å². The van der Waals surface area contributed by atoms with E-state index in [0.29, 0.717) is 10.1 Å². The number of rotatable bonds is 2. The van der Waals surface area contributed by atoms with Crippen molar-refractivity contribution in [3.63, 3.8) is 0 Å². The molecule has 0 fully saturated rings. The van der Waals surface area contributed by atoms with Crippen LogP contribution in [0.3, 0.4) is 0 Å². The van der Waals surface area contributed by atoms with Gasteiger partial charge in [-0.05, 0) is 34.2 Å². The molecule has 0 aromatic heterocycles. The molecule has 6 heteroatoms. The van der Waals surface area contributed by atoms with Crippen LogP contribution in [0.15, 0.2) is 16.6 Å². The summed E-state index contributed by atoms with van der Waals surface area (Å²) in [5.74, 6) is 0. The van der Waals surface area contributed by atoms with Gasteiger partial charge in [0.2, 0.25) is 0 Å². The molecule has 0 atom stereocenters. The Hall–Kier alpha value is -0.210. The summed E-state index contributed by atoms with van der Waals surface area (Å²) in [6, 6.07) is 3.19. The molecule has 0 saturated carbocycles. The molecule has 1 rings (SSSR count). The van der Waals surface area contributed by atoms with E-state index in [1.165, 1.54) is 6.07 Å². The van der Waals surface area contributed by atoms with Crippen molar-refractivity contribution in [2.24, 2.45) is 5.73 Å². The zero-order chi connectivity index (χ0) is 10.0. The monoisotopic (exact) mass is 356 g/mol. The second-order valence-corrected chi connectivity index (χ2v) is 4.37. The summed E-state index contributed by atoms with van der Waals surface area (Å²) in [7, 11) is 0. The van der Waals surface area contributed by atoms with Gasteiger partial charge in [0.1, 0.15) is 0 Å². The van der Waals surface area contributed by atoms with Crippen LogP contribution in [-0.4, -0.2) is 4.92 Å². The van der Waals surface area contributed by atoms with Crippen molar-refractivity contribution in [1.82, 2.24) is 0 Å². The zero-order valence-electron chi connectivity index (χ0n) is 6.46. The fourth-order valence-electron chi connectivity index (χ4n) is 0.877. The summed E-state index contributed by atoms with van der Waals surface area (Å²) in [6.07, 6.45) is 0. The van der Waals surface area contributed by atoms with Crippen LogP contribution in [-0.2, 0) is 6.54 Å². The lowest BCUT2D eigenvalue weighted by Gasteiger charge is -2.02. The van der Waals surface area contributed by atoms with Crippen molar-refractivity contribution in [3.8, 4) is 0 Å². The van der Waals surface area contributed by atoms with Gasteiger partial charge in [0.05, 0.1) is 8.49 Å². The summed E-state index contributed by atoms with van der Waals surface area (Å²) < 4.78 is 1.41. The third-order valence-corrected chi connectivity index (χ3v) is 3.13. The second-order valence-electron chi connectivity index (χ2n) is 2.36. The molecular weight excluding hydrogens is 351 g/mol. The van der Waals surface area contributed by atoms with Crippen LogP contribution >= 0.6 is 38.5 Å². The van der Waals surface area contributed by atoms with Crippen molar-refractivity contribution in [3.05, 3.63) is 35.9 Å². The smallest absolute Gasteiger partial charge is 0.283 e. The van der Waals surface area contributed by atoms with Gasteiger partial charge in [-0.15, -0.1) is 0 Å². The highest BCUT2D eigenvalue weighted by Gasteiger charge is 2.14. The summed E-state index contributed by atoms with van der Waals surface area (Å²) in [5, 5.41) is 10.5. The minimum absolute atomic E-state index is 0.101. The summed E-state index contributed by atoms with van der Waals surface area (Å²) in [4.78, 5) is 10.1. The molecule has 1 aromatic carbocycles. The maximum atomic E-state index is 10.5. The Balaban J connectivity index is 3.30.